The number of rotatable bonds is 8. The Bertz CT molecular complexity index is 1110. The summed E-state index contributed by atoms with van der Waals surface area (Å²) in [5, 5.41) is 2.54. The second-order valence-electron chi connectivity index (χ2n) is 6.96. The molecule has 2 aromatic rings. The van der Waals surface area contributed by atoms with Crippen LogP contribution in [-0.4, -0.2) is 51.4 Å². The number of anilines is 1. The predicted octanol–water partition coefficient (Wildman–Crippen LogP) is 3.42. The van der Waals surface area contributed by atoms with Crippen molar-refractivity contribution in [2.24, 2.45) is 0 Å². The van der Waals surface area contributed by atoms with Gasteiger partial charge in [-0.3, -0.25) is 4.79 Å². The minimum Gasteiger partial charge on any atom is -0.495 e. The molecule has 1 aliphatic rings. The molecule has 1 aromatic carbocycles. The third-order valence-corrected chi connectivity index (χ3v) is 7.05. The van der Waals surface area contributed by atoms with Gasteiger partial charge in [0.25, 0.3) is 5.91 Å². The van der Waals surface area contributed by atoms with Crippen LogP contribution in [0.5, 0.6) is 5.75 Å². The van der Waals surface area contributed by atoms with Crippen molar-refractivity contribution in [1.29, 1.82) is 0 Å². The smallest absolute Gasteiger partial charge is 0.331 e. The maximum absolute atomic E-state index is 13.1. The van der Waals surface area contributed by atoms with Gasteiger partial charge in [-0.05, 0) is 65.2 Å². The van der Waals surface area contributed by atoms with Crippen LogP contribution in [0.4, 0.5) is 5.69 Å². The van der Waals surface area contributed by atoms with Crippen LogP contribution in [0.3, 0.4) is 0 Å². The zero-order chi connectivity index (χ0) is 23.1. The lowest BCUT2D eigenvalue weighted by Gasteiger charge is -2.26. The number of carbonyl (C=O) groups is 2. The maximum atomic E-state index is 13.1. The molecule has 0 unspecified atom stereocenters. The average Bonchev–Trinajstić information content (AvgIpc) is 3.22. The average molecular weight is 527 g/mol. The standard InChI is InChI=1S/C21H23BrN2O7S/c1-29-17-8-5-15(13-18(17)32(27,28)24-11-3-2-4-12-24)23-20(25)14-30-21(26)10-7-16-6-9-19(22)31-16/h5-10,13H,2-4,11-12,14H2,1H3,(H,23,25). The van der Waals surface area contributed by atoms with Crippen LogP contribution in [-0.2, 0) is 24.3 Å². The minimum atomic E-state index is -3.77. The summed E-state index contributed by atoms with van der Waals surface area (Å²) in [6, 6.07) is 7.66. The summed E-state index contributed by atoms with van der Waals surface area (Å²) in [5.74, 6) is -0.705. The molecule has 0 radical (unpaired) electrons. The van der Waals surface area contributed by atoms with Crippen molar-refractivity contribution in [1.82, 2.24) is 4.31 Å². The van der Waals surface area contributed by atoms with Gasteiger partial charge >= 0.3 is 5.97 Å². The normalized spacial score (nSPS) is 14.9. The molecule has 1 aliphatic heterocycles. The van der Waals surface area contributed by atoms with Crippen LogP contribution >= 0.6 is 15.9 Å². The Morgan fingerprint density at radius 3 is 2.59 bits per heavy atom. The maximum Gasteiger partial charge on any atom is 0.331 e. The van der Waals surface area contributed by atoms with Gasteiger partial charge in [-0.2, -0.15) is 4.31 Å². The number of benzene rings is 1. The SMILES string of the molecule is COc1ccc(NC(=O)COC(=O)C=Cc2ccc(Br)o2)cc1S(=O)(=O)N1CCCCC1. The molecule has 0 spiro atoms. The number of methoxy groups -OCH3 is 1. The summed E-state index contributed by atoms with van der Waals surface area (Å²) in [6.45, 7) is 0.353. The molecule has 32 heavy (non-hydrogen) atoms. The number of furan rings is 1. The van der Waals surface area contributed by atoms with Gasteiger partial charge in [0.15, 0.2) is 11.3 Å². The van der Waals surface area contributed by atoms with Crippen molar-refractivity contribution < 1.29 is 31.9 Å². The summed E-state index contributed by atoms with van der Waals surface area (Å²) in [6.07, 6.45) is 5.14. The van der Waals surface area contributed by atoms with E-state index in [2.05, 4.69) is 21.2 Å². The van der Waals surface area contributed by atoms with Crippen LogP contribution in [0.15, 0.2) is 50.4 Å². The molecular weight excluding hydrogens is 504 g/mol. The van der Waals surface area contributed by atoms with Crippen molar-refractivity contribution in [2.75, 3.05) is 32.1 Å². The highest BCUT2D eigenvalue weighted by molar-refractivity contribution is 9.10. The number of amides is 1. The van der Waals surface area contributed by atoms with Crippen molar-refractivity contribution in [3.8, 4) is 5.75 Å². The Morgan fingerprint density at radius 2 is 1.94 bits per heavy atom. The molecule has 0 bridgehead atoms. The van der Waals surface area contributed by atoms with Gasteiger partial charge in [-0.1, -0.05) is 6.42 Å². The van der Waals surface area contributed by atoms with E-state index < -0.39 is 28.5 Å². The summed E-state index contributed by atoms with van der Waals surface area (Å²) in [7, 11) is -2.38. The molecule has 11 heteroatoms. The molecular formula is C21H23BrN2O7S. The fourth-order valence-electron chi connectivity index (χ4n) is 3.15. The first kappa shape index (κ1) is 24.0. The molecule has 172 valence electrons. The summed E-state index contributed by atoms with van der Waals surface area (Å²) in [5.41, 5.74) is 0.249. The summed E-state index contributed by atoms with van der Waals surface area (Å²) >= 11 is 3.15. The highest BCUT2D eigenvalue weighted by atomic mass is 79.9. The highest BCUT2D eigenvalue weighted by Crippen LogP contribution is 2.31. The van der Waals surface area contributed by atoms with E-state index in [-0.39, 0.29) is 16.3 Å². The molecule has 0 saturated carbocycles. The topological polar surface area (TPSA) is 115 Å². The number of hydrogen-bond donors (Lipinski definition) is 1. The van der Waals surface area contributed by atoms with Gasteiger partial charge in [-0.25, -0.2) is 13.2 Å². The van der Waals surface area contributed by atoms with E-state index in [0.29, 0.717) is 23.5 Å². The molecule has 1 amide bonds. The Labute approximate surface area is 194 Å². The van der Waals surface area contributed by atoms with E-state index in [1.54, 1.807) is 12.1 Å². The van der Waals surface area contributed by atoms with Crippen LogP contribution in [0.25, 0.3) is 6.08 Å². The number of halogens is 1. The van der Waals surface area contributed by atoms with Crippen molar-refractivity contribution >= 4 is 49.6 Å². The van der Waals surface area contributed by atoms with E-state index in [9.17, 15) is 18.0 Å². The zero-order valence-corrected chi connectivity index (χ0v) is 19.8. The molecule has 9 nitrogen and oxygen atoms in total. The predicted molar refractivity (Wildman–Crippen MR) is 121 cm³/mol. The molecule has 0 aliphatic carbocycles. The van der Waals surface area contributed by atoms with Crippen molar-refractivity contribution in [3.63, 3.8) is 0 Å². The van der Waals surface area contributed by atoms with Crippen LogP contribution in [0.2, 0.25) is 0 Å². The number of carbonyl (C=O) groups excluding carboxylic acids is 2. The van der Waals surface area contributed by atoms with Gasteiger partial charge in [0, 0.05) is 24.9 Å². The lowest BCUT2D eigenvalue weighted by Crippen LogP contribution is -2.35. The first-order valence-electron chi connectivity index (χ1n) is 9.88. The van der Waals surface area contributed by atoms with E-state index in [4.69, 9.17) is 13.9 Å². The van der Waals surface area contributed by atoms with Gasteiger partial charge in [0.05, 0.1) is 7.11 Å². The summed E-state index contributed by atoms with van der Waals surface area (Å²) in [4.78, 5) is 23.9. The minimum absolute atomic E-state index is 0.0239. The Kier molecular flexibility index (Phi) is 8.10. The molecule has 1 aromatic heterocycles. The van der Waals surface area contributed by atoms with E-state index in [1.165, 1.54) is 35.7 Å². The second-order valence-corrected chi connectivity index (χ2v) is 9.65. The van der Waals surface area contributed by atoms with Gasteiger partial charge in [-0.15, -0.1) is 0 Å². The van der Waals surface area contributed by atoms with E-state index in [1.807, 2.05) is 0 Å². The Balaban J connectivity index is 1.62. The molecule has 1 fully saturated rings. The number of piperidine rings is 1. The molecule has 2 heterocycles. The third kappa shape index (κ3) is 6.21. The lowest BCUT2D eigenvalue weighted by molar-refractivity contribution is -0.142. The van der Waals surface area contributed by atoms with Gasteiger partial charge < -0.3 is 19.2 Å². The number of nitrogens with one attached hydrogen (secondary N) is 1. The molecule has 0 atom stereocenters. The van der Waals surface area contributed by atoms with E-state index >= 15 is 0 Å². The van der Waals surface area contributed by atoms with Gasteiger partial charge in [0.2, 0.25) is 10.0 Å². The molecule has 1 N–H and O–H groups in total. The molecule has 3 rings (SSSR count). The lowest BCUT2D eigenvalue weighted by atomic mass is 10.2. The fourth-order valence-corrected chi connectivity index (χ4v) is 5.17. The highest BCUT2D eigenvalue weighted by Gasteiger charge is 2.29. The number of nitrogens with zero attached hydrogens (tertiary/aromatic N) is 1. The number of ether oxygens (including phenoxy) is 2. The van der Waals surface area contributed by atoms with Crippen LogP contribution in [0, 0.1) is 0 Å². The second kappa shape index (κ2) is 10.8. The fraction of sp³-hybridized carbons (Fsp3) is 0.333. The first-order chi connectivity index (χ1) is 15.3. The quantitative estimate of drug-likeness (QED) is 0.413. The summed E-state index contributed by atoms with van der Waals surface area (Å²) < 4.78 is 43.4. The Morgan fingerprint density at radius 1 is 1.19 bits per heavy atom. The number of esters is 1. The van der Waals surface area contributed by atoms with E-state index in [0.717, 1.165) is 25.3 Å². The number of hydrogen-bond acceptors (Lipinski definition) is 7. The Hall–Kier alpha value is -2.63. The number of sulfonamides is 1. The van der Waals surface area contributed by atoms with Crippen molar-refractivity contribution in [3.05, 3.63) is 46.8 Å². The van der Waals surface area contributed by atoms with Crippen LogP contribution in [0.1, 0.15) is 25.0 Å². The van der Waals surface area contributed by atoms with Gasteiger partial charge in [0.1, 0.15) is 16.4 Å². The first-order valence-corrected chi connectivity index (χ1v) is 12.1. The largest absolute Gasteiger partial charge is 0.495 e. The third-order valence-electron chi connectivity index (χ3n) is 4.70. The monoisotopic (exact) mass is 526 g/mol. The molecule has 1 saturated heterocycles. The van der Waals surface area contributed by atoms with Crippen molar-refractivity contribution in [2.45, 2.75) is 24.2 Å². The zero-order valence-electron chi connectivity index (χ0n) is 17.4. The van der Waals surface area contributed by atoms with Crippen LogP contribution < -0.4 is 10.1 Å².